The Balaban J connectivity index is 0.00000529. The van der Waals surface area contributed by atoms with Gasteiger partial charge in [-0.05, 0) is 24.7 Å². The summed E-state index contributed by atoms with van der Waals surface area (Å²) in [6, 6.07) is 0. The zero-order valence-corrected chi connectivity index (χ0v) is 17.0. The Bertz CT molecular complexity index is 525. The molecule has 1 radical (unpaired) electrons. The normalized spacial score (nSPS) is 19.8. The Morgan fingerprint density at radius 1 is 1.50 bits per heavy atom. The summed E-state index contributed by atoms with van der Waals surface area (Å²) >= 11 is 0. The van der Waals surface area contributed by atoms with Crippen molar-refractivity contribution in [2.75, 3.05) is 13.7 Å². The van der Waals surface area contributed by atoms with Crippen molar-refractivity contribution in [3.63, 3.8) is 0 Å². The second kappa shape index (κ2) is 10.7. The number of methoxy groups -OCH3 is 1. The van der Waals surface area contributed by atoms with Gasteiger partial charge in [0.15, 0.2) is 5.78 Å². The summed E-state index contributed by atoms with van der Waals surface area (Å²) in [4.78, 5) is 29.1. The average Bonchev–Trinajstić information content (AvgIpc) is 2.47. The Hall–Kier alpha value is -1.11. The number of carbonyl (C=O) groups excluding carboxylic acids is 2. The maximum absolute atomic E-state index is 12.2. The summed E-state index contributed by atoms with van der Waals surface area (Å²) in [7, 11) is 1.28. The number of oxime groups is 1. The van der Waals surface area contributed by atoms with E-state index in [2.05, 4.69) is 11.7 Å². The third kappa shape index (κ3) is 6.07. The average molecular weight is 346 g/mol. The third-order valence-electron chi connectivity index (χ3n) is 3.86. The molecule has 1 rings (SSSR count). The van der Waals surface area contributed by atoms with Gasteiger partial charge in [-0.3, -0.25) is 9.59 Å². The fourth-order valence-electron chi connectivity index (χ4n) is 2.70. The first kappa shape index (κ1) is 22.9. The molecule has 0 amide bonds. The van der Waals surface area contributed by atoms with Crippen molar-refractivity contribution in [2.45, 2.75) is 39.5 Å². The van der Waals surface area contributed by atoms with Crippen molar-refractivity contribution in [3.8, 4) is 0 Å². The Labute approximate surface area is 165 Å². The van der Waals surface area contributed by atoms with Crippen LogP contribution in [0.2, 0.25) is 0 Å². The molecule has 1 aliphatic carbocycles. The van der Waals surface area contributed by atoms with Crippen molar-refractivity contribution >= 4 is 47.5 Å². The van der Waals surface area contributed by atoms with Crippen LogP contribution in [0.25, 0.3) is 0 Å². The van der Waals surface area contributed by atoms with Gasteiger partial charge in [0.2, 0.25) is 0 Å². The molecule has 0 aromatic rings. The van der Waals surface area contributed by atoms with E-state index in [0.29, 0.717) is 31.4 Å². The fourth-order valence-corrected chi connectivity index (χ4v) is 2.70. The van der Waals surface area contributed by atoms with Crippen LogP contribution in [0.5, 0.6) is 0 Å². The number of hydrogen-bond donors (Lipinski definition) is 1. The molecular weight excluding hydrogens is 321 g/mol. The van der Waals surface area contributed by atoms with E-state index >= 15 is 0 Å². The molecule has 24 heavy (non-hydrogen) atoms. The van der Waals surface area contributed by atoms with Gasteiger partial charge >= 0.3 is 5.97 Å². The summed E-state index contributed by atoms with van der Waals surface area (Å²) in [5.74, 6) is -1.59. The van der Waals surface area contributed by atoms with Crippen LogP contribution in [-0.2, 0) is 19.2 Å². The minimum absolute atomic E-state index is 0. The maximum atomic E-state index is 12.2. The van der Waals surface area contributed by atoms with E-state index in [9.17, 15) is 14.7 Å². The van der Waals surface area contributed by atoms with Crippen LogP contribution >= 0.6 is 0 Å². The molecule has 7 heteroatoms. The molecule has 0 spiro atoms. The van der Waals surface area contributed by atoms with Crippen molar-refractivity contribution < 1.29 is 24.3 Å². The molecule has 0 saturated heterocycles. The molecule has 1 aliphatic rings. The monoisotopic (exact) mass is 346 g/mol. The van der Waals surface area contributed by atoms with E-state index < -0.39 is 17.3 Å². The van der Waals surface area contributed by atoms with E-state index in [1.165, 1.54) is 7.11 Å². The first-order chi connectivity index (χ1) is 10.8. The van der Waals surface area contributed by atoms with Gasteiger partial charge in [0.1, 0.15) is 18.3 Å². The van der Waals surface area contributed by atoms with Gasteiger partial charge in [-0.2, -0.15) is 0 Å². The molecule has 1 unspecified atom stereocenters. The molecule has 0 aromatic carbocycles. The number of aliphatic hydroxyl groups is 1. The zero-order chi connectivity index (χ0) is 17.5. The van der Waals surface area contributed by atoms with Gasteiger partial charge in [0.25, 0.3) is 0 Å². The Morgan fingerprint density at radius 3 is 2.75 bits per heavy atom. The number of ether oxygens (including phenoxy) is 1. The summed E-state index contributed by atoms with van der Waals surface area (Å²) in [6.07, 6.45) is 5.03. The number of carbonyl (C=O) groups is 2. The van der Waals surface area contributed by atoms with Crippen LogP contribution in [0.15, 0.2) is 29.1 Å². The second-order valence-electron chi connectivity index (χ2n) is 6.17. The van der Waals surface area contributed by atoms with Gasteiger partial charge in [0, 0.05) is 47.8 Å². The molecule has 0 saturated carbocycles. The number of aliphatic hydroxyl groups excluding tert-OH is 1. The van der Waals surface area contributed by atoms with E-state index in [1.54, 1.807) is 26.1 Å². The molecule has 0 heterocycles. The van der Waals surface area contributed by atoms with E-state index in [1.807, 2.05) is 0 Å². The molecule has 0 fully saturated rings. The number of ketones is 1. The number of rotatable bonds is 8. The summed E-state index contributed by atoms with van der Waals surface area (Å²) < 4.78 is 4.77. The minimum atomic E-state index is -0.801. The SMILES string of the molecule is C=CCON=CCCCC1=C(O)C(C(=O)OC)C(C)(C)CC1=O.[Na]. The van der Waals surface area contributed by atoms with Crippen LogP contribution in [0.3, 0.4) is 0 Å². The fraction of sp³-hybridized carbons (Fsp3) is 0.588. The number of Topliss-reactive ketones (excluding diaryl/α,β-unsaturated/α-hetero) is 1. The van der Waals surface area contributed by atoms with Crippen LogP contribution in [0.1, 0.15) is 39.5 Å². The van der Waals surface area contributed by atoms with Gasteiger partial charge in [-0.25, -0.2) is 0 Å². The predicted molar refractivity (Wildman–Crippen MR) is 92.8 cm³/mol. The van der Waals surface area contributed by atoms with Crippen LogP contribution < -0.4 is 0 Å². The van der Waals surface area contributed by atoms with Crippen LogP contribution in [0, 0.1) is 11.3 Å². The summed E-state index contributed by atoms with van der Waals surface area (Å²) in [5.41, 5.74) is -0.335. The number of unbranched alkanes of at least 4 members (excludes halogenated alkanes) is 1. The summed E-state index contributed by atoms with van der Waals surface area (Å²) in [6.45, 7) is 7.41. The van der Waals surface area contributed by atoms with E-state index in [-0.39, 0.29) is 47.5 Å². The molecule has 1 N–H and O–H groups in total. The number of allylic oxidation sites excluding steroid dienone is 1. The number of esters is 1. The standard InChI is InChI=1S/C17H25NO5.Na/c1-5-10-23-18-9-7-6-8-12-13(19)11-17(2,3)14(15(12)20)16(21)22-4;/h5,9,14,20H,1,6-8,10-11H2,2-4H3;. The first-order valence-electron chi connectivity index (χ1n) is 7.63. The van der Waals surface area contributed by atoms with Crippen molar-refractivity contribution in [3.05, 3.63) is 24.0 Å². The second-order valence-corrected chi connectivity index (χ2v) is 6.17. The predicted octanol–water partition coefficient (Wildman–Crippen LogP) is 2.56. The largest absolute Gasteiger partial charge is 0.511 e. The van der Waals surface area contributed by atoms with Crippen LogP contribution in [-0.4, -0.2) is 66.3 Å². The van der Waals surface area contributed by atoms with Crippen molar-refractivity contribution in [1.29, 1.82) is 0 Å². The number of hydrogen-bond acceptors (Lipinski definition) is 6. The Kier molecular flexibility index (Phi) is 10.2. The van der Waals surface area contributed by atoms with Gasteiger partial charge in [0.05, 0.1) is 7.11 Å². The number of nitrogens with zero attached hydrogens (tertiary/aromatic N) is 1. The summed E-state index contributed by atoms with van der Waals surface area (Å²) in [5, 5.41) is 14.1. The zero-order valence-electron chi connectivity index (χ0n) is 15.0. The first-order valence-corrected chi connectivity index (χ1v) is 7.63. The molecule has 6 nitrogen and oxygen atoms in total. The maximum Gasteiger partial charge on any atom is 0.316 e. The van der Waals surface area contributed by atoms with Crippen molar-refractivity contribution in [1.82, 2.24) is 0 Å². The molecule has 129 valence electrons. The van der Waals surface area contributed by atoms with Gasteiger partial charge in [-0.15, -0.1) is 0 Å². The quantitative estimate of drug-likeness (QED) is 0.182. The van der Waals surface area contributed by atoms with E-state index in [4.69, 9.17) is 9.57 Å². The van der Waals surface area contributed by atoms with E-state index in [0.717, 1.165) is 0 Å². The molecule has 0 aromatic heterocycles. The molecule has 1 atom stereocenters. The molecule has 0 bridgehead atoms. The van der Waals surface area contributed by atoms with Crippen LogP contribution in [0.4, 0.5) is 0 Å². The Morgan fingerprint density at radius 2 is 2.17 bits per heavy atom. The topological polar surface area (TPSA) is 85.2 Å². The van der Waals surface area contributed by atoms with Gasteiger partial charge in [-0.1, -0.05) is 31.7 Å². The third-order valence-corrected chi connectivity index (χ3v) is 3.86. The van der Waals surface area contributed by atoms with Gasteiger partial charge < -0.3 is 14.7 Å². The van der Waals surface area contributed by atoms with Crippen molar-refractivity contribution in [2.24, 2.45) is 16.5 Å². The molecule has 0 aliphatic heterocycles. The minimum Gasteiger partial charge on any atom is -0.511 e. The smallest absolute Gasteiger partial charge is 0.316 e. The molecular formula is C17H25NNaO5.